The molecule has 1 heterocycles. The molecule has 1 atom stereocenters. The van der Waals surface area contributed by atoms with E-state index in [1.165, 1.54) is 0 Å². The van der Waals surface area contributed by atoms with Crippen LogP contribution in [0.1, 0.15) is 27.2 Å². The lowest BCUT2D eigenvalue weighted by Crippen LogP contribution is -2.35. The molecule has 0 saturated heterocycles. The summed E-state index contributed by atoms with van der Waals surface area (Å²) in [6, 6.07) is 0.137. The maximum absolute atomic E-state index is 13.4. The van der Waals surface area contributed by atoms with E-state index in [-0.39, 0.29) is 23.9 Å². The largest absolute Gasteiger partial charge is 0.396 e. The van der Waals surface area contributed by atoms with Crippen molar-refractivity contribution in [2.24, 2.45) is 5.41 Å². The van der Waals surface area contributed by atoms with Gasteiger partial charge in [0.2, 0.25) is 0 Å². The molecule has 18 heavy (non-hydrogen) atoms. The molecular weight excluding hydrogens is 245 g/mol. The van der Waals surface area contributed by atoms with Gasteiger partial charge in [0, 0.05) is 18.7 Å². The molecule has 1 aromatic rings. The molecule has 0 saturated carbocycles. The molecule has 102 valence electrons. The van der Waals surface area contributed by atoms with Crippen LogP contribution < -0.4 is 5.32 Å². The van der Waals surface area contributed by atoms with Crippen molar-refractivity contribution in [3.63, 3.8) is 0 Å². The molecule has 0 radical (unpaired) electrons. The highest BCUT2D eigenvalue weighted by atomic mass is 19.2. The van der Waals surface area contributed by atoms with Crippen LogP contribution >= 0.6 is 0 Å². The molecule has 1 rings (SSSR count). The van der Waals surface area contributed by atoms with E-state index in [1.54, 1.807) is 0 Å². The van der Waals surface area contributed by atoms with Crippen LogP contribution in [0.4, 0.5) is 19.0 Å². The summed E-state index contributed by atoms with van der Waals surface area (Å²) in [5.74, 6) is -3.98. The predicted octanol–water partition coefficient (Wildman–Crippen LogP) is 2.71. The first-order valence-corrected chi connectivity index (χ1v) is 5.64. The Morgan fingerprint density at radius 2 is 1.89 bits per heavy atom. The van der Waals surface area contributed by atoms with Crippen LogP contribution in [0.15, 0.2) is 6.07 Å². The summed E-state index contributed by atoms with van der Waals surface area (Å²) in [6.07, 6.45) is 0.351. The first kappa shape index (κ1) is 14.8. The van der Waals surface area contributed by atoms with Crippen LogP contribution in [-0.4, -0.2) is 22.7 Å². The van der Waals surface area contributed by atoms with Gasteiger partial charge in [0.05, 0.1) is 0 Å². The summed E-state index contributed by atoms with van der Waals surface area (Å²) < 4.78 is 39.1. The number of hydrogen-bond acceptors (Lipinski definition) is 3. The molecule has 0 fully saturated rings. The second kappa shape index (κ2) is 5.56. The minimum Gasteiger partial charge on any atom is -0.396 e. The van der Waals surface area contributed by atoms with Crippen molar-refractivity contribution < 1.29 is 18.3 Å². The third-order valence-corrected chi connectivity index (χ3v) is 2.66. The third-order valence-electron chi connectivity index (χ3n) is 2.66. The molecule has 0 spiro atoms. The topological polar surface area (TPSA) is 45.1 Å². The summed E-state index contributed by atoms with van der Waals surface area (Å²) >= 11 is 0. The van der Waals surface area contributed by atoms with Crippen molar-refractivity contribution in [3.05, 3.63) is 23.6 Å². The van der Waals surface area contributed by atoms with E-state index in [9.17, 15) is 13.2 Å². The number of halogens is 3. The summed E-state index contributed by atoms with van der Waals surface area (Å²) in [5.41, 5.74) is -0.290. The van der Waals surface area contributed by atoms with E-state index in [0.29, 0.717) is 12.5 Å². The number of pyridine rings is 1. The normalized spacial score (nSPS) is 13.5. The van der Waals surface area contributed by atoms with Gasteiger partial charge in [0.1, 0.15) is 0 Å². The SMILES string of the molecule is CC(C)(C)C(CCO)Nc1nc(F)c(F)cc1F. The summed E-state index contributed by atoms with van der Waals surface area (Å²) in [5, 5.41) is 11.7. The van der Waals surface area contributed by atoms with Crippen molar-refractivity contribution >= 4 is 5.82 Å². The van der Waals surface area contributed by atoms with Crippen molar-refractivity contribution in [1.82, 2.24) is 4.98 Å². The minimum absolute atomic E-state index is 0.0970. The molecule has 0 aromatic carbocycles. The Kier molecular flexibility index (Phi) is 4.56. The maximum Gasteiger partial charge on any atom is 0.251 e. The molecular formula is C12H17F3N2O. The van der Waals surface area contributed by atoms with Gasteiger partial charge >= 0.3 is 0 Å². The lowest BCUT2D eigenvalue weighted by molar-refractivity contribution is 0.234. The molecule has 0 aliphatic heterocycles. The van der Waals surface area contributed by atoms with E-state index in [4.69, 9.17) is 5.11 Å². The average Bonchev–Trinajstić information content (AvgIpc) is 2.23. The van der Waals surface area contributed by atoms with Gasteiger partial charge in [-0.1, -0.05) is 20.8 Å². The number of anilines is 1. The van der Waals surface area contributed by atoms with Crippen molar-refractivity contribution in [1.29, 1.82) is 0 Å². The molecule has 6 heteroatoms. The summed E-state index contributed by atoms with van der Waals surface area (Å²) in [6.45, 7) is 5.56. The highest BCUT2D eigenvalue weighted by Gasteiger charge is 2.26. The van der Waals surface area contributed by atoms with Crippen LogP contribution in [0.5, 0.6) is 0 Å². The highest BCUT2D eigenvalue weighted by molar-refractivity contribution is 5.37. The molecule has 3 nitrogen and oxygen atoms in total. The number of aromatic nitrogens is 1. The number of aliphatic hydroxyl groups is 1. The van der Waals surface area contributed by atoms with Crippen LogP contribution in [0.3, 0.4) is 0 Å². The zero-order chi connectivity index (χ0) is 13.9. The van der Waals surface area contributed by atoms with Crippen molar-refractivity contribution in [2.75, 3.05) is 11.9 Å². The Bertz CT molecular complexity index is 419. The Morgan fingerprint density at radius 3 is 2.39 bits per heavy atom. The molecule has 1 unspecified atom stereocenters. The molecule has 1 aromatic heterocycles. The fraction of sp³-hybridized carbons (Fsp3) is 0.583. The number of hydrogen-bond donors (Lipinski definition) is 2. The second-order valence-corrected chi connectivity index (χ2v) is 5.17. The molecule has 0 amide bonds. The van der Waals surface area contributed by atoms with Gasteiger partial charge in [-0.05, 0) is 11.8 Å². The highest BCUT2D eigenvalue weighted by Crippen LogP contribution is 2.26. The van der Waals surface area contributed by atoms with E-state index in [0.717, 1.165) is 0 Å². The lowest BCUT2D eigenvalue weighted by atomic mass is 9.85. The van der Waals surface area contributed by atoms with Gasteiger partial charge in [-0.3, -0.25) is 0 Å². The Labute approximate surface area is 104 Å². The fourth-order valence-electron chi connectivity index (χ4n) is 1.56. The molecule has 0 bridgehead atoms. The monoisotopic (exact) mass is 262 g/mol. The van der Waals surface area contributed by atoms with Gasteiger partial charge in [-0.2, -0.15) is 9.37 Å². The predicted molar refractivity (Wildman–Crippen MR) is 62.7 cm³/mol. The van der Waals surface area contributed by atoms with Gasteiger partial charge in [-0.25, -0.2) is 8.78 Å². The van der Waals surface area contributed by atoms with Crippen molar-refractivity contribution in [2.45, 2.75) is 33.2 Å². The van der Waals surface area contributed by atoms with E-state index < -0.39 is 17.6 Å². The summed E-state index contributed by atoms with van der Waals surface area (Å²) in [4.78, 5) is 3.20. The van der Waals surface area contributed by atoms with E-state index in [1.807, 2.05) is 20.8 Å². The van der Waals surface area contributed by atoms with Gasteiger partial charge < -0.3 is 10.4 Å². The van der Waals surface area contributed by atoms with Gasteiger partial charge in [-0.15, -0.1) is 0 Å². The number of rotatable bonds is 4. The van der Waals surface area contributed by atoms with Crippen LogP contribution in [0, 0.1) is 23.0 Å². The Balaban J connectivity index is 2.97. The second-order valence-electron chi connectivity index (χ2n) is 5.17. The van der Waals surface area contributed by atoms with Crippen molar-refractivity contribution in [3.8, 4) is 0 Å². The maximum atomic E-state index is 13.4. The number of nitrogens with zero attached hydrogens (tertiary/aromatic N) is 1. The van der Waals surface area contributed by atoms with Crippen LogP contribution in [-0.2, 0) is 0 Å². The van der Waals surface area contributed by atoms with Gasteiger partial charge in [0.25, 0.3) is 5.95 Å². The molecule has 0 aliphatic carbocycles. The fourth-order valence-corrected chi connectivity index (χ4v) is 1.56. The Hall–Kier alpha value is -1.30. The number of aliphatic hydroxyl groups excluding tert-OH is 1. The minimum atomic E-state index is -1.35. The average molecular weight is 262 g/mol. The standard InChI is InChI=1S/C12H17F3N2O/c1-12(2,3)9(4-5-18)16-11-8(14)6-7(13)10(15)17-11/h6,9,18H,4-5H2,1-3H3,(H,16,17). The Morgan fingerprint density at radius 1 is 1.28 bits per heavy atom. The van der Waals surface area contributed by atoms with Crippen LogP contribution in [0.25, 0.3) is 0 Å². The molecule has 0 aliphatic rings. The van der Waals surface area contributed by atoms with E-state index in [2.05, 4.69) is 10.3 Å². The summed E-state index contributed by atoms with van der Waals surface area (Å²) in [7, 11) is 0. The zero-order valence-electron chi connectivity index (χ0n) is 10.6. The first-order chi connectivity index (χ1) is 8.25. The zero-order valence-corrected chi connectivity index (χ0v) is 10.6. The first-order valence-electron chi connectivity index (χ1n) is 5.64. The third kappa shape index (κ3) is 3.60. The smallest absolute Gasteiger partial charge is 0.251 e. The quantitative estimate of drug-likeness (QED) is 0.820. The molecule has 2 N–H and O–H groups in total. The van der Waals surface area contributed by atoms with Gasteiger partial charge in [0.15, 0.2) is 17.5 Å². The van der Waals surface area contributed by atoms with Crippen LogP contribution in [0.2, 0.25) is 0 Å². The van der Waals surface area contributed by atoms with E-state index >= 15 is 0 Å². The lowest BCUT2D eigenvalue weighted by Gasteiger charge is -2.31. The number of nitrogens with one attached hydrogen (secondary N) is 1.